The minimum atomic E-state index is -3.04. The van der Waals surface area contributed by atoms with Crippen LogP contribution in [0.2, 0.25) is 0 Å². The van der Waals surface area contributed by atoms with Crippen LogP contribution in [0.25, 0.3) is 0 Å². The summed E-state index contributed by atoms with van der Waals surface area (Å²) in [7, 11) is -3.04. The summed E-state index contributed by atoms with van der Waals surface area (Å²) >= 11 is 0. The Labute approximate surface area is 111 Å². The van der Waals surface area contributed by atoms with Gasteiger partial charge in [0.2, 0.25) is 10.0 Å². The molecule has 1 aliphatic heterocycles. The van der Waals surface area contributed by atoms with E-state index in [-0.39, 0.29) is 11.3 Å². The number of nitrogens with zero attached hydrogens (tertiary/aromatic N) is 1. The molecule has 2 fully saturated rings. The molecule has 0 bridgehead atoms. The third-order valence-electron chi connectivity index (χ3n) is 4.58. The molecule has 2 aliphatic rings. The summed E-state index contributed by atoms with van der Waals surface area (Å²) < 4.78 is 26.7. The molecule has 1 heterocycles. The van der Waals surface area contributed by atoms with E-state index < -0.39 is 10.0 Å². The van der Waals surface area contributed by atoms with Gasteiger partial charge in [-0.3, -0.25) is 0 Å². The quantitative estimate of drug-likeness (QED) is 0.852. The van der Waals surface area contributed by atoms with Gasteiger partial charge in [-0.1, -0.05) is 19.3 Å². The molecule has 5 heteroatoms. The first-order valence-electron chi connectivity index (χ1n) is 7.26. The highest BCUT2D eigenvalue weighted by atomic mass is 32.2. The smallest absolute Gasteiger partial charge is 0.216 e. The summed E-state index contributed by atoms with van der Waals surface area (Å²) in [6.07, 6.45) is 6.89. The van der Waals surface area contributed by atoms with Crippen molar-refractivity contribution in [1.82, 2.24) is 4.31 Å². The molecule has 2 N–H and O–H groups in total. The van der Waals surface area contributed by atoms with E-state index in [0.717, 1.165) is 38.5 Å². The van der Waals surface area contributed by atoms with Crippen LogP contribution < -0.4 is 5.73 Å². The van der Waals surface area contributed by atoms with E-state index in [1.807, 2.05) is 6.92 Å². The van der Waals surface area contributed by atoms with Gasteiger partial charge in [0.15, 0.2) is 0 Å². The highest BCUT2D eigenvalue weighted by molar-refractivity contribution is 7.89. The summed E-state index contributed by atoms with van der Waals surface area (Å²) in [6, 6.07) is 0.185. The van der Waals surface area contributed by atoms with E-state index in [0.29, 0.717) is 19.0 Å². The first kappa shape index (κ1) is 14.3. The van der Waals surface area contributed by atoms with Crippen molar-refractivity contribution in [3.8, 4) is 0 Å². The Morgan fingerprint density at radius 3 is 2.11 bits per heavy atom. The molecule has 0 aromatic carbocycles. The highest BCUT2D eigenvalue weighted by Crippen LogP contribution is 2.29. The van der Waals surface area contributed by atoms with Gasteiger partial charge in [0.25, 0.3) is 0 Å². The number of hydrogen-bond donors (Lipinski definition) is 1. The van der Waals surface area contributed by atoms with Crippen LogP contribution in [-0.2, 0) is 10.0 Å². The molecule has 0 amide bonds. The highest BCUT2D eigenvalue weighted by Gasteiger charge is 2.35. The van der Waals surface area contributed by atoms with Gasteiger partial charge in [-0.05, 0) is 38.5 Å². The molecule has 0 aromatic rings. The first-order chi connectivity index (χ1) is 8.51. The molecule has 4 nitrogen and oxygen atoms in total. The molecule has 18 heavy (non-hydrogen) atoms. The topological polar surface area (TPSA) is 63.4 Å². The summed E-state index contributed by atoms with van der Waals surface area (Å²) in [5, 5.41) is -0.113. The molecule has 1 unspecified atom stereocenters. The fourth-order valence-electron chi connectivity index (χ4n) is 3.23. The molecular weight excluding hydrogens is 248 g/mol. The Balaban J connectivity index is 1.95. The van der Waals surface area contributed by atoms with Crippen LogP contribution in [0.15, 0.2) is 0 Å². The van der Waals surface area contributed by atoms with E-state index >= 15 is 0 Å². The Kier molecular flexibility index (Phi) is 4.67. The number of hydrogen-bond acceptors (Lipinski definition) is 3. The lowest BCUT2D eigenvalue weighted by atomic mass is 9.92. The number of sulfonamides is 1. The minimum Gasteiger partial charge on any atom is -0.328 e. The summed E-state index contributed by atoms with van der Waals surface area (Å²) in [5.74, 6) is 0.489. The molecule has 106 valence electrons. The van der Waals surface area contributed by atoms with Gasteiger partial charge >= 0.3 is 0 Å². The molecular formula is C13H26N2O2S. The second-order valence-corrected chi connectivity index (χ2v) is 8.11. The van der Waals surface area contributed by atoms with Gasteiger partial charge in [-0.2, -0.15) is 0 Å². The van der Waals surface area contributed by atoms with Crippen molar-refractivity contribution in [2.75, 3.05) is 13.1 Å². The number of nitrogens with two attached hydrogens (primary N) is 1. The van der Waals surface area contributed by atoms with E-state index in [9.17, 15) is 8.42 Å². The second-order valence-electron chi connectivity index (χ2n) is 5.90. The average molecular weight is 274 g/mol. The lowest BCUT2D eigenvalue weighted by Gasteiger charge is -2.36. The van der Waals surface area contributed by atoms with Gasteiger partial charge in [-0.25, -0.2) is 12.7 Å². The average Bonchev–Trinajstić information content (AvgIpc) is 2.40. The van der Waals surface area contributed by atoms with E-state index in [1.165, 1.54) is 6.42 Å². The van der Waals surface area contributed by atoms with Crippen LogP contribution in [0.5, 0.6) is 0 Å². The molecule has 1 aliphatic carbocycles. The Morgan fingerprint density at radius 2 is 1.61 bits per heavy atom. The van der Waals surface area contributed by atoms with Crippen molar-refractivity contribution in [2.24, 2.45) is 11.7 Å². The van der Waals surface area contributed by atoms with Gasteiger partial charge in [0.1, 0.15) is 0 Å². The maximum absolute atomic E-state index is 12.5. The predicted molar refractivity (Wildman–Crippen MR) is 73.7 cm³/mol. The predicted octanol–water partition coefficient (Wildman–Crippen LogP) is 1.71. The Hall–Kier alpha value is -0.130. The van der Waals surface area contributed by atoms with Crippen molar-refractivity contribution in [2.45, 2.75) is 63.2 Å². The van der Waals surface area contributed by atoms with Crippen molar-refractivity contribution in [3.05, 3.63) is 0 Å². The number of piperidine rings is 1. The van der Waals surface area contributed by atoms with Crippen LogP contribution in [0.3, 0.4) is 0 Å². The zero-order valence-electron chi connectivity index (χ0n) is 11.3. The van der Waals surface area contributed by atoms with Gasteiger partial charge in [-0.15, -0.1) is 0 Å². The Morgan fingerprint density at radius 1 is 1.06 bits per heavy atom. The van der Waals surface area contributed by atoms with Gasteiger partial charge < -0.3 is 5.73 Å². The van der Waals surface area contributed by atoms with Gasteiger partial charge in [0, 0.05) is 19.1 Å². The first-order valence-corrected chi connectivity index (χ1v) is 8.76. The van der Waals surface area contributed by atoms with Crippen molar-refractivity contribution < 1.29 is 8.42 Å². The second kappa shape index (κ2) is 5.88. The molecule has 1 saturated carbocycles. The molecule has 1 saturated heterocycles. The monoisotopic (exact) mass is 274 g/mol. The molecule has 0 spiro atoms. The van der Waals surface area contributed by atoms with Crippen molar-refractivity contribution in [3.63, 3.8) is 0 Å². The maximum Gasteiger partial charge on any atom is 0.216 e. The van der Waals surface area contributed by atoms with Gasteiger partial charge in [0.05, 0.1) is 5.25 Å². The zero-order chi connectivity index (χ0) is 13.2. The largest absolute Gasteiger partial charge is 0.328 e. The fourth-order valence-corrected chi connectivity index (χ4v) is 5.30. The van der Waals surface area contributed by atoms with E-state index in [1.54, 1.807) is 4.31 Å². The summed E-state index contributed by atoms with van der Waals surface area (Å²) in [6.45, 7) is 3.37. The number of rotatable bonds is 3. The SMILES string of the molecule is CC(N)C1CCN(S(=O)(=O)C2CCCCC2)CC1. The minimum absolute atomic E-state index is 0.113. The molecule has 0 aromatic heterocycles. The third kappa shape index (κ3) is 3.06. The maximum atomic E-state index is 12.5. The van der Waals surface area contributed by atoms with Crippen LogP contribution in [0, 0.1) is 5.92 Å². The van der Waals surface area contributed by atoms with E-state index in [4.69, 9.17) is 5.73 Å². The fraction of sp³-hybridized carbons (Fsp3) is 1.00. The zero-order valence-corrected chi connectivity index (χ0v) is 12.2. The normalized spacial score (nSPS) is 27.2. The van der Waals surface area contributed by atoms with Crippen LogP contribution in [0.4, 0.5) is 0 Å². The summed E-state index contributed by atoms with van der Waals surface area (Å²) in [4.78, 5) is 0. The molecule has 1 atom stereocenters. The summed E-state index contributed by atoms with van der Waals surface area (Å²) in [5.41, 5.74) is 5.90. The Bertz CT molecular complexity index is 353. The van der Waals surface area contributed by atoms with E-state index in [2.05, 4.69) is 0 Å². The van der Waals surface area contributed by atoms with Crippen LogP contribution in [0.1, 0.15) is 51.9 Å². The lowest BCUT2D eigenvalue weighted by molar-refractivity contribution is 0.247. The van der Waals surface area contributed by atoms with Crippen LogP contribution >= 0.6 is 0 Å². The lowest BCUT2D eigenvalue weighted by Crippen LogP contribution is -2.46. The van der Waals surface area contributed by atoms with Crippen molar-refractivity contribution >= 4 is 10.0 Å². The standard InChI is InChI=1S/C13H26N2O2S/c1-11(14)12-7-9-15(10-8-12)18(16,17)13-5-3-2-4-6-13/h11-13H,2-10,14H2,1H3. The third-order valence-corrected chi connectivity index (χ3v) is 6.97. The van der Waals surface area contributed by atoms with Crippen molar-refractivity contribution in [1.29, 1.82) is 0 Å². The molecule has 2 rings (SSSR count). The molecule has 0 radical (unpaired) electrons. The van der Waals surface area contributed by atoms with Crippen LogP contribution in [-0.4, -0.2) is 37.1 Å².